The Hall–Kier alpha value is -1.92. The van der Waals surface area contributed by atoms with Crippen LogP contribution in [0.1, 0.15) is 49.5 Å². The fourth-order valence-corrected chi connectivity index (χ4v) is 2.07. The van der Waals surface area contributed by atoms with E-state index in [9.17, 15) is 17.6 Å². The third kappa shape index (κ3) is 6.84. The third-order valence-electron chi connectivity index (χ3n) is 3.71. The molecule has 0 aliphatic heterocycles. The number of benzene rings is 2. The zero-order valence-electron chi connectivity index (χ0n) is 14.5. The van der Waals surface area contributed by atoms with Gasteiger partial charge in [0.05, 0.1) is 5.56 Å². The monoisotopic (exact) mass is 356 g/mol. The fraction of sp³-hybridized carbons (Fsp3) is 0.368. The summed E-state index contributed by atoms with van der Waals surface area (Å²) in [5.74, 6) is 0.171. The molecule has 6 heteroatoms. The minimum Gasteiger partial charge on any atom is -0.324 e. The van der Waals surface area contributed by atoms with Crippen molar-refractivity contribution in [1.82, 2.24) is 0 Å². The normalized spacial score (nSPS) is 13.8. The summed E-state index contributed by atoms with van der Waals surface area (Å²) in [7, 11) is 0. The standard InChI is InChI=1S/C10H14FN.C9H10F3N/c1-7(2)10(12)8-3-5-9(11)6-4-8;1-6(13)7-3-2-4-8(5-7)9(10,11)12/h3-7,10H,12H2,1-2H3;2-6H,13H2,1H3. The highest BCUT2D eigenvalue weighted by Crippen LogP contribution is 2.30. The Morgan fingerprint density at radius 3 is 1.84 bits per heavy atom. The molecule has 25 heavy (non-hydrogen) atoms. The Bertz CT molecular complexity index is 649. The molecule has 2 atom stereocenters. The second-order valence-corrected chi connectivity index (χ2v) is 6.23. The van der Waals surface area contributed by atoms with Crippen molar-refractivity contribution in [3.05, 3.63) is 71.0 Å². The Morgan fingerprint density at radius 1 is 0.840 bits per heavy atom. The molecule has 0 saturated carbocycles. The molecular formula is C19H24F4N2. The first-order valence-corrected chi connectivity index (χ1v) is 7.96. The van der Waals surface area contributed by atoms with E-state index in [-0.39, 0.29) is 17.9 Å². The SMILES string of the molecule is CC(C)C(N)c1ccc(F)cc1.CC(N)c1cccc(C(F)(F)F)c1. The number of halogens is 4. The molecule has 2 rings (SSSR count). The molecule has 2 aromatic carbocycles. The van der Waals surface area contributed by atoms with E-state index in [1.165, 1.54) is 18.2 Å². The summed E-state index contributed by atoms with van der Waals surface area (Å²) in [5, 5.41) is 0. The van der Waals surface area contributed by atoms with Gasteiger partial charge >= 0.3 is 6.18 Å². The minimum absolute atomic E-state index is 0.00519. The molecule has 0 aliphatic carbocycles. The van der Waals surface area contributed by atoms with Gasteiger partial charge in [-0.3, -0.25) is 0 Å². The van der Waals surface area contributed by atoms with Gasteiger partial charge in [0, 0.05) is 12.1 Å². The van der Waals surface area contributed by atoms with Crippen LogP contribution in [0.3, 0.4) is 0 Å². The van der Waals surface area contributed by atoms with Crippen LogP contribution >= 0.6 is 0 Å². The highest BCUT2D eigenvalue weighted by atomic mass is 19.4. The van der Waals surface area contributed by atoms with E-state index in [0.717, 1.165) is 17.7 Å². The molecule has 0 amide bonds. The van der Waals surface area contributed by atoms with Crippen LogP contribution in [0.2, 0.25) is 0 Å². The molecule has 2 aromatic rings. The maximum absolute atomic E-state index is 12.5. The lowest BCUT2D eigenvalue weighted by Crippen LogP contribution is -2.16. The van der Waals surface area contributed by atoms with Gasteiger partial charge in [-0.2, -0.15) is 13.2 Å². The van der Waals surface area contributed by atoms with Crippen LogP contribution in [0.4, 0.5) is 17.6 Å². The van der Waals surface area contributed by atoms with Gasteiger partial charge in [-0.1, -0.05) is 38.1 Å². The number of hydrogen-bond donors (Lipinski definition) is 2. The molecule has 0 saturated heterocycles. The van der Waals surface area contributed by atoms with Gasteiger partial charge in [-0.15, -0.1) is 0 Å². The first kappa shape index (κ1) is 21.1. The average molecular weight is 356 g/mol. The molecule has 0 radical (unpaired) electrons. The largest absolute Gasteiger partial charge is 0.416 e. The number of alkyl halides is 3. The van der Waals surface area contributed by atoms with Gasteiger partial charge in [0.25, 0.3) is 0 Å². The fourth-order valence-electron chi connectivity index (χ4n) is 2.07. The Morgan fingerprint density at radius 2 is 1.40 bits per heavy atom. The highest BCUT2D eigenvalue weighted by Gasteiger charge is 2.30. The van der Waals surface area contributed by atoms with Crippen LogP contribution in [0.25, 0.3) is 0 Å². The molecule has 0 aromatic heterocycles. The van der Waals surface area contributed by atoms with Gasteiger partial charge < -0.3 is 11.5 Å². The summed E-state index contributed by atoms with van der Waals surface area (Å²) in [4.78, 5) is 0. The predicted octanol–water partition coefficient (Wildman–Crippen LogP) is 5.21. The molecule has 0 bridgehead atoms. The second kappa shape index (κ2) is 8.97. The summed E-state index contributed by atoms with van der Waals surface area (Å²) >= 11 is 0. The smallest absolute Gasteiger partial charge is 0.324 e. The van der Waals surface area contributed by atoms with Crippen molar-refractivity contribution in [3.63, 3.8) is 0 Å². The van der Waals surface area contributed by atoms with E-state index in [4.69, 9.17) is 11.5 Å². The first-order chi connectivity index (χ1) is 11.5. The molecule has 0 heterocycles. The highest BCUT2D eigenvalue weighted by molar-refractivity contribution is 5.27. The van der Waals surface area contributed by atoms with Gasteiger partial charge in [-0.25, -0.2) is 4.39 Å². The molecule has 2 nitrogen and oxygen atoms in total. The maximum Gasteiger partial charge on any atom is 0.416 e. The molecule has 0 fully saturated rings. The van der Waals surface area contributed by atoms with E-state index >= 15 is 0 Å². The average Bonchev–Trinajstić information content (AvgIpc) is 2.54. The van der Waals surface area contributed by atoms with Crippen molar-refractivity contribution in [2.45, 2.75) is 39.0 Å². The third-order valence-corrected chi connectivity index (χ3v) is 3.71. The van der Waals surface area contributed by atoms with Gasteiger partial charge in [0.15, 0.2) is 0 Å². The zero-order valence-corrected chi connectivity index (χ0v) is 14.5. The molecule has 0 aliphatic rings. The molecule has 0 spiro atoms. The number of hydrogen-bond acceptors (Lipinski definition) is 2. The number of nitrogens with two attached hydrogens (primary N) is 2. The quantitative estimate of drug-likeness (QED) is 0.742. The van der Waals surface area contributed by atoms with Crippen molar-refractivity contribution in [1.29, 1.82) is 0 Å². The van der Waals surface area contributed by atoms with Crippen molar-refractivity contribution >= 4 is 0 Å². The topological polar surface area (TPSA) is 52.0 Å². The minimum atomic E-state index is -4.29. The van der Waals surface area contributed by atoms with Gasteiger partial charge in [0.2, 0.25) is 0 Å². The van der Waals surface area contributed by atoms with Crippen molar-refractivity contribution in [3.8, 4) is 0 Å². The van der Waals surface area contributed by atoms with Crippen molar-refractivity contribution in [2.75, 3.05) is 0 Å². The van der Waals surface area contributed by atoms with E-state index in [1.807, 2.05) is 13.8 Å². The molecule has 4 N–H and O–H groups in total. The van der Waals surface area contributed by atoms with E-state index in [2.05, 4.69) is 0 Å². The Balaban J connectivity index is 0.000000251. The summed E-state index contributed by atoms with van der Waals surface area (Å²) in [6.45, 7) is 5.75. The zero-order chi connectivity index (χ0) is 19.2. The van der Waals surface area contributed by atoms with Gasteiger partial charge in [-0.05, 0) is 48.2 Å². The summed E-state index contributed by atoms with van der Waals surface area (Å²) in [5.41, 5.74) is 12.2. The van der Waals surface area contributed by atoms with Crippen LogP contribution in [-0.4, -0.2) is 0 Å². The van der Waals surface area contributed by atoms with Gasteiger partial charge in [0.1, 0.15) is 5.82 Å². The van der Waals surface area contributed by atoms with Crippen LogP contribution in [0, 0.1) is 11.7 Å². The van der Waals surface area contributed by atoms with Crippen LogP contribution < -0.4 is 11.5 Å². The predicted molar refractivity (Wildman–Crippen MR) is 92.2 cm³/mol. The van der Waals surface area contributed by atoms with Crippen LogP contribution in [-0.2, 0) is 6.18 Å². The van der Waals surface area contributed by atoms with E-state index in [1.54, 1.807) is 25.1 Å². The lowest BCUT2D eigenvalue weighted by molar-refractivity contribution is -0.137. The number of rotatable bonds is 3. The molecule has 138 valence electrons. The lowest BCUT2D eigenvalue weighted by atomic mass is 9.97. The van der Waals surface area contributed by atoms with Crippen LogP contribution in [0.5, 0.6) is 0 Å². The maximum atomic E-state index is 12.5. The summed E-state index contributed by atoms with van der Waals surface area (Å²) in [6.07, 6.45) is -4.29. The van der Waals surface area contributed by atoms with E-state index in [0.29, 0.717) is 11.5 Å². The van der Waals surface area contributed by atoms with Crippen molar-refractivity contribution < 1.29 is 17.6 Å². The summed E-state index contributed by atoms with van der Waals surface area (Å²) in [6, 6.07) is 11.0. The summed E-state index contributed by atoms with van der Waals surface area (Å²) < 4.78 is 49.1. The lowest BCUT2D eigenvalue weighted by Gasteiger charge is -2.15. The van der Waals surface area contributed by atoms with Crippen LogP contribution in [0.15, 0.2) is 48.5 Å². The Labute approximate surface area is 145 Å². The molecule has 2 unspecified atom stereocenters. The van der Waals surface area contributed by atoms with E-state index < -0.39 is 11.7 Å². The first-order valence-electron chi connectivity index (χ1n) is 7.96. The van der Waals surface area contributed by atoms with Crippen molar-refractivity contribution in [2.24, 2.45) is 17.4 Å². The Kier molecular flexibility index (Phi) is 7.58. The second-order valence-electron chi connectivity index (χ2n) is 6.23. The molecular weight excluding hydrogens is 332 g/mol.